The fraction of sp³-hybridized carbons (Fsp3) is 0.611. The first-order valence-electron chi connectivity index (χ1n) is 8.75. The van der Waals surface area contributed by atoms with E-state index in [1.165, 1.54) is 17.2 Å². The first kappa shape index (κ1) is 16.0. The number of carbonyl (C=O) groups is 1. The van der Waals surface area contributed by atoms with Crippen molar-refractivity contribution in [1.29, 1.82) is 0 Å². The number of ether oxygens (including phenoxy) is 1. The zero-order valence-electron chi connectivity index (χ0n) is 13.7. The van der Waals surface area contributed by atoms with E-state index >= 15 is 0 Å². The molecule has 0 unspecified atom stereocenters. The molecular weight excluding hydrogens is 311 g/mol. The zero-order chi connectivity index (χ0) is 16.5. The van der Waals surface area contributed by atoms with Crippen LogP contribution < -0.4 is 0 Å². The van der Waals surface area contributed by atoms with E-state index in [9.17, 15) is 9.18 Å². The largest absolute Gasteiger partial charge is 0.377 e. The van der Waals surface area contributed by atoms with Crippen LogP contribution in [0.15, 0.2) is 24.3 Å². The maximum atomic E-state index is 13.1. The van der Waals surface area contributed by atoms with Crippen LogP contribution in [0.1, 0.15) is 24.8 Å². The van der Waals surface area contributed by atoms with Crippen molar-refractivity contribution in [3.8, 4) is 0 Å². The normalized spacial score (nSPS) is 30.5. The minimum atomic E-state index is -0.223. The summed E-state index contributed by atoms with van der Waals surface area (Å²) < 4.78 is 19.0. The van der Waals surface area contributed by atoms with Crippen LogP contribution in [-0.2, 0) is 20.9 Å². The molecule has 130 valence electrons. The number of hydrogen-bond donors (Lipinski definition) is 0. The van der Waals surface area contributed by atoms with E-state index in [1.54, 1.807) is 0 Å². The number of hydroxylamine groups is 2. The Kier molecular flexibility index (Phi) is 4.52. The Morgan fingerprint density at radius 3 is 2.83 bits per heavy atom. The number of piperidine rings is 1. The predicted octanol–water partition coefficient (Wildman–Crippen LogP) is 1.97. The highest BCUT2D eigenvalue weighted by atomic mass is 19.1. The molecule has 5 nitrogen and oxygen atoms in total. The Hall–Kier alpha value is -1.50. The third-order valence-electron chi connectivity index (χ3n) is 5.26. The fourth-order valence-corrected chi connectivity index (χ4v) is 4.06. The second-order valence-corrected chi connectivity index (χ2v) is 6.88. The molecule has 1 amide bonds. The number of carbonyl (C=O) groups excluding carboxylic acids is 1. The summed E-state index contributed by atoms with van der Waals surface area (Å²) in [6.45, 7) is 3.48. The molecule has 0 bridgehead atoms. The van der Waals surface area contributed by atoms with E-state index in [0.29, 0.717) is 25.7 Å². The van der Waals surface area contributed by atoms with Gasteiger partial charge >= 0.3 is 0 Å². The van der Waals surface area contributed by atoms with Crippen molar-refractivity contribution in [1.82, 2.24) is 9.96 Å². The summed E-state index contributed by atoms with van der Waals surface area (Å²) in [7, 11) is 0. The van der Waals surface area contributed by atoms with Gasteiger partial charge in [0.15, 0.2) is 0 Å². The van der Waals surface area contributed by atoms with Gasteiger partial charge in [0.2, 0.25) is 0 Å². The third-order valence-corrected chi connectivity index (χ3v) is 5.26. The quantitative estimate of drug-likeness (QED) is 0.848. The molecule has 0 N–H and O–H groups in total. The lowest BCUT2D eigenvalue weighted by Crippen LogP contribution is -2.52. The zero-order valence-corrected chi connectivity index (χ0v) is 13.7. The van der Waals surface area contributed by atoms with Gasteiger partial charge in [0.05, 0.1) is 25.2 Å². The molecule has 3 atom stereocenters. The van der Waals surface area contributed by atoms with Crippen molar-refractivity contribution in [2.45, 2.75) is 38.0 Å². The SMILES string of the molecule is O=C([C@H]1C[C@H]2OCC[C@H]2N(Cc2ccc(F)cc2)C1)N1CCCO1. The van der Waals surface area contributed by atoms with Gasteiger partial charge in [-0.2, -0.15) is 0 Å². The second-order valence-electron chi connectivity index (χ2n) is 6.88. The molecule has 3 fully saturated rings. The maximum Gasteiger partial charge on any atom is 0.250 e. The lowest BCUT2D eigenvalue weighted by atomic mass is 9.89. The van der Waals surface area contributed by atoms with Gasteiger partial charge in [0, 0.05) is 25.7 Å². The van der Waals surface area contributed by atoms with E-state index in [0.717, 1.165) is 38.0 Å². The summed E-state index contributed by atoms with van der Waals surface area (Å²) in [6.07, 6.45) is 2.77. The minimum Gasteiger partial charge on any atom is -0.377 e. The number of benzene rings is 1. The van der Waals surface area contributed by atoms with Crippen molar-refractivity contribution in [3.05, 3.63) is 35.6 Å². The second kappa shape index (κ2) is 6.78. The van der Waals surface area contributed by atoms with E-state index < -0.39 is 0 Å². The molecule has 3 aliphatic heterocycles. The van der Waals surface area contributed by atoms with Gasteiger partial charge in [-0.25, -0.2) is 9.45 Å². The number of likely N-dealkylation sites (tertiary alicyclic amines) is 1. The maximum absolute atomic E-state index is 13.1. The summed E-state index contributed by atoms with van der Waals surface area (Å²) in [5.41, 5.74) is 1.06. The van der Waals surface area contributed by atoms with Crippen molar-refractivity contribution in [2.24, 2.45) is 5.92 Å². The first-order chi connectivity index (χ1) is 11.7. The highest BCUT2D eigenvalue weighted by Gasteiger charge is 2.43. The average molecular weight is 334 g/mol. The van der Waals surface area contributed by atoms with Gasteiger partial charge in [0.25, 0.3) is 5.91 Å². The summed E-state index contributed by atoms with van der Waals surface area (Å²) in [5.74, 6) is -0.243. The van der Waals surface area contributed by atoms with Crippen LogP contribution in [0.2, 0.25) is 0 Å². The average Bonchev–Trinajstić information content (AvgIpc) is 3.27. The predicted molar refractivity (Wildman–Crippen MR) is 85.3 cm³/mol. The highest BCUT2D eigenvalue weighted by molar-refractivity contribution is 5.78. The molecule has 0 aromatic heterocycles. The van der Waals surface area contributed by atoms with Gasteiger partial charge in [-0.1, -0.05) is 12.1 Å². The third kappa shape index (κ3) is 3.18. The Morgan fingerprint density at radius 2 is 2.08 bits per heavy atom. The molecule has 6 heteroatoms. The monoisotopic (exact) mass is 334 g/mol. The number of rotatable bonds is 3. The number of fused-ring (bicyclic) bond motifs is 1. The molecular formula is C18H23FN2O3. The summed E-state index contributed by atoms with van der Waals surface area (Å²) in [4.78, 5) is 20.5. The van der Waals surface area contributed by atoms with Crippen molar-refractivity contribution >= 4 is 5.91 Å². The summed E-state index contributed by atoms with van der Waals surface area (Å²) in [5, 5.41) is 1.52. The van der Waals surface area contributed by atoms with Gasteiger partial charge in [0.1, 0.15) is 5.82 Å². The Morgan fingerprint density at radius 1 is 1.25 bits per heavy atom. The molecule has 0 radical (unpaired) electrons. The van der Waals surface area contributed by atoms with Crippen LogP contribution in [0.5, 0.6) is 0 Å². The van der Waals surface area contributed by atoms with Crippen LogP contribution in [-0.4, -0.2) is 54.3 Å². The number of nitrogens with zero attached hydrogens (tertiary/aromatic N) is 2. The first-order valence-corrected chi connectivity index (χ1v) is 8.75. The Labute approximate surface area is 141 Å². The minimum absolute atomic E-state index is 0.0746. The number of amides is 1. The highest BCUT2D eigenvalue weighted by Crippen LogP contribution is 2.33. The van der Waals surface area contributed by atoms with Gasteiger partial charge in [-0.3, -0.25) is 14.5 Å². The van der Waals surface area contributed by atoms with Crippen LogP contribution in [0.3, 0.4) is 0 Å². The van der Waals surface area contributed by atoms with Gasteiger partial charge < -0.3 is 4.74 Å². The lowest BCUT2D eigenvalue weighted by Gasteiger charge is -2.41. The fourth-order valence-electron chi connectivity index (χ4n) is 4.06. The molecule has 3 saturated heterocycles. The molecule has 3 heterocycles. The lowest BCUT2D eigenvalue weighted by molar-refractivity contribution is -0.177. The molecule has 0 spiro atoms. The molecule has 0 saturated carbocycles. The van der Waals surface area contributed by atoms with Crippen LogP contribution in [0, 0.1) is 11.7 Å². The van der Waals surface area contributed by atoms with Crippen LogP contribution in [0.4, 0.5) is 4.39 Å². The molecule has 1 aromatic carbocycles. The van der Waals surface area contributed by atoms with E-state index in [1.807, 2.05) is 12.1 Å². The summed E-state index contributed by atoms with van der Waals surface area (Å²) >= 11 is 0. The van der Waals surface area contributed by atoms with Gasteiger partial charge in [-0.15, -0.1) is 0 Å². The molecule has 0 aliphatic carbocycles. The van der Waals surface area contributed by atoms with Gasteiger partial charge in [-0.05, 0) is 37.0 Å². The van der Waals surface area contributed by atoms with Crippen molar-refractivity contribution in [3.63, 3.8) is 0 Å². The Balaban J connectivity index is 1.48. The molecule has 1 aromatic rings. The van der Waals surface area contributed by atoms with Crippen molar-refractivity contribution < 1.29 is 18.8 Å². The standard InChI is InChI=1S/C18H23FN2O3/c19-15-4-2-13(3-5-15)11-20-12-14(10-17-16(20)6-9-23-17)18(22)21-7-1-8-24-21/h2-5,14,16-17H,1,6-12H2/t14-,16+,17+/m0/s1. The van der Waals surface area contributed by atoms with E-state index in [2.05, 4.69) is 4.90 Å². The van der Waals surface area contributed by atoms with E-state index in [4.69, 9.17) is 9.57 Å². The molecule has 3 aliphatic rings. The smallest absolute Gasteiger partial charge is 0.250 e. The van der Waals surface area contributed by atoms with Crippen LogP contribution >= 0.6 is 0 Å². The molecule has 4 rings (SSSR count). The van der Waals surface area contributed by atoms with Crippen molar-refractivity contribution in [2.75, 3.05) is 26.3 Å². The molecule has 24 heavy (non-hydrogen) atoms. The van der Waals surface area contributed by atoms with Crippen LogP contribution in [0.25, 0.3) is 0 Å². The Bertz CT molecular complexity index is 588. The number of halogens is 1. The summed E-state index contributed by atoms with van der Waals surface area (Å²) in [6, 6.07) is 6.95. The van der Waals surface area contributed by atoms with E-state index in [-0.39, 0.29) is 23.7 Å². The topological polar surface area (TPSA) is 42.0 Å². The number of hydrogen-bond acceptors (Lipinski definition) is 4.